The van der Waals surface area contributed by atoms with E-state index < -0.39 is 36.4 Å². The molecule has 0 amide bonds. The second-order valence-electron chi connectivity index (χ2n) is 19.9. The maximum atomic E-state index is 8.15. The Morgan fingerprint density at radius 2 is 0.627 bits per heavy atom. The number of benzene rings is 8. The van der Waals surface area contributed by atoms with E-state index in [0.717, 1.165) is 86.9 Å². The first-order valence-corrected chi connectivity index (χ1v) is 34.5. The second kappa shape index (κ2) is 13.7. The number of hydrogen-bond donors (Lipinski definition) is 0. The first-order valence-electron chi connectivity index (χ1n) is 22.8. The van der Waals surface area contributed by atoms with E-state index in [0.29, 0.717) is 46.0 Å². The van der Waals surface area contributed by atoms with E-state index in [9.17, 15) is 0 Å². The Balaban J connectivity index is 1.30. The molecule has 10 aromatic rings. The van der Waals surface area contributed by atoms with Gasteiger partial charge in [0.2, 0.25) is 0 Å². The zero-order valence-electron chi connectivity index (χ0n) is 37.8. The molecule has 2 aromatic heterocycles. The summed E-state index contributed by atoms with van der Waals surface area (Å²) in [4.78, 5) is 34.1. The summed E-state index contributed by atoms with van der Waals surface area (Å²) in [5, 5.41) is 12.5. The van der Waals surface area contributed by atoms with Crippen molar-refractivity contribution in [1.29, 1.82) is 0 Å². The number of aromatic nitrogens is 2. The van der Waals surface area contributed by atoms with E-state index in [1.165, 1.54) is 0 Å². The summed E-state index contributed by atoms with van der Waals surface area (Å²) in [7, 11) is -5.20. The van der Waals surface area contributed by atoms with Crippen molar-refractivity contribution < 1.29 is 5.53 Å². The van der Waals surface area contributed by atoms with Crippen molar-refractivity contribution in [3.05, 3.63) is 179 Å². The standard InChI is InChI=1S/C48H24N8.2C3H9OSi.Sn/c1-2-10-26-18-34-33(17-25(26)9-1)41-49-42(34)54-44-37-21-29-13-5-6-14-30(29)22-38(37)46(51-44)56-48-40-24-32-16-8-7-15-31(32)23-39(40)47(52-48)55-45-36-20-28-12-4-3-11-27(28)19-35(36)43(50-45)53-41;2*1-5(2,3)4;/h1-24H;2*1-3H3;/q-2;2*-1;+4. The number of rotatable bonds is 4. The van der Waals surface area contributed by atoms with Crippen LogP contribution in [-0.4, -0.2) is 65.3 Å². The van der Waals surface area contributed by atoms with Crippen molar-refractivity contribution in [3.63, 3.8) is 0 Å². The quantitative estimate of drug-likeness (QED) is 0.164. The van der Waals surface area contributed by atoms with Gasteiger partial charge in [0.25, 0.3) is 0 Å². The van der Waals surface area contributed by atoms with Crippen molar-refractivity contribution in [2.24, 2.45) is 30.0 Å². The molecule has 0 spiro atoms. The van der Waals surface area contributed by atoms with Gasteiger partial charge in [-0.3, -0.25) is 0 Å². The molecule has 14 rings (SSSR count). The summed E-state index contributed by atoms with van der Waals surface area (Å²) in [6.07, 6.45) is 0. The predicted octanol–water partition coefficient (Wildman–Crippen LogP) is 11.7. The summed E-state index contributed by atoms with van der Waals surface area (Å²) >= 11 is -5.57. The zero-order valence-corrected chi connectivity index (χ0v) is 42.6. The Morgan fingerprint density at radius 1 is 0.343 bits per heavy atom. The van der Waals surface area contributed by atoms with Crippen LogP contribution in [0.2, 0.25) is 39.3 Å². The van der Waals surface area contributed by atoms with Crippen molar-refractivity contribution in [2.45, 2.75) is 39.3 Å². The Labute approximate surface area is 392 Å². The monoisotopic (exact) mass is 1010 g/mol. The molecule has 0 saturated carbocycles. The minimum absolute atomic E-state index is 0.582. The van der Waals surface area contributed by atoms with Crippen LogP contribution in [0.25, 0.3) is 64.6 Å². The van der Waals surface area contributed by atoms with Gasteiger partial charge in [0.1, 0.15) is 0 Å². The van der Waals surface area contributed by atoms with Gasteiger partial charge in [0.05, 0.1) is 0 Å². The molecule has 4 aliphatic heterocycles. The molecule has 8 aromatic carbocycles. The number of nitrogens with zero attached hydrogens (tertiary/aromatic N) is 8. The van der Waals surface area contributed by atoms with Crippen LogP contribution in [0.3, 0.4) is 0 Å². The van der Waals surface area contributed by atoms with Crippen molar-refractivity contribution in [3.8, 4) is 0 Å². The van der Waals surface area contributed by atoms with Crippen LogP contribution in [0.15, 0.2) is 176 Å². The molecule has 67 heavy (non-hydrogen) atoms. The summed E-state index contributed by atoms with van der Waals surface area (Å²) in [6.45, 7) is 13.5. The number of hydrogen-bond acceptors (Lipinski definition) is 8. The van der Waals surface area contributed by atoms with Gasteiger partial charge in [0.15, 0.2) is 0 Å². The van der Waals surface area contributed by atoms with Gasteiger partial charge >= 0.3 is 395 Å². The van der Waals surface area contributed by atoms with E-state index in [2.05, 4.69) is 190 Å². The van der Waals surface area contributed by atoms with Gasteiger partial charge < -0.3 is 0 Å². The van der Waals surface area contributed by atoms with Crippen molar-refractivity contribution >= 4 is 136 Å². The normalized spacial score (nSPS) is 15.9. The predicted molar refractivity (Wildman–Crippen MR) is 280 cm³/mol. The van der Waals surface area contributed by atoms with Crippen molar-refractivity contribution in [1.82, 2.24) is 5.58 Å². The molecule has 0 aliphatic carbocycles. The Bertz CT molecular complexity index is 3950. The van der Waals surface area contributed by atoms with Crippen LogP contribution >= 0.6 is 0 Å². The third-order valence-corrected chi connectivity index (χ3v) is 35.5. The summed E-state index contributed by atoms with van der Waals surface area (Å²) < 4.78 is 20.9. The molecule has 0 radical (unpaired) electrons. The minimum atomic E-state index is -5.57. The Hall–Kier alpha value is -6.69. The molecule has 0 N–H and O–H groups in total. The SMILES string of the molecule is C[Si](C)(C)[O][Sn]1([O][Si](C)(C)C)[n]2c3c4cc5ccccc5cc4c2N=C2N=C(N=c4c5cc6ccccc6cc5c([n]41)=NC1=NC(=N3)c3cc4ccccc4cc31)c1cc3ccccc3cc12. The molecular formula is C54H42N8O2Si2Sn. The molecule has 6 heterocycles. The molecule has 6 bridgehead atoms. The molecular weight excluding hydrogens is 968 g/mol. The fraction of sp³-hybridized carbons (Fsp3) is 0.111. The van der Waals surface area contributed by atoms with E-state index in [1.807, 2.05) is 0 Å². The molecule has 0 atom stereocenters. The van der Waals surface area contributed by atoms with Gasteiger partial charge in [-0.2, -0.15) is 0 Å². The number of amidine groups is 4. The molecule has 10 nitrogen and oxygen atoms in total. The van der Waals surface area contributed by atoms with Crippen LogP contribution in [0.4, 0.5) is 11.6 Å². The van der Waals surface area contributed by atoms with Gasteiger partial charge in [0, 0.05) is 0 Å². The van der Waals surface area contributed by atoms with Crippen LogP contribution in [0.5, 0.6) is 0 Å². The van der Waals surface area contributed by atoms with Crippen molar-refractivity contribution in [2.75, 3.05) is 0 Å². The van der Waals surface area contributed by atoms with Crippen LogP contribution in [-0.2, 0) is 5.53 Å². The van der Waals surface area contributed by atoms with E-state index in [4.69, 9.17) is 35.5 Å². The van der Waals surface area contributed by atoms with Gasteiger partial charge in [-0.25, -0.2) is 0 Å². The number of aliphatic imine (C=N–C) groups is 4. The van der Waals surface area contributed by atoms with Crippen LogP contribution in [0, 0.1) is 0 Å². The molecule has 0 saturated heterocycles. The molecule has 4 aliphatic rings. The van der Waals surface area contributed by atoms with Crippen LogP contribution in [0.1, 0.15) is 22.3 Å². The fourth-order valence-corrected chi connectivity index (χ4v) is 35.9. The third kappa shape index (κ3) is 5.93. The first kappa shape index (κ1) is 39.5. The van der Waals surface area contributed by atoms with E-state index >= 15 is 0 Å². The van der Waals surface area contributed by atoms with E-state index in [1.54, 1.807) is 0 Å². The van der Waals surface area contributed by atoms with Crippen LogP contribution < -0.4 is 11.0 Å². The first-order chi connectivity index (χ1) is 32.4. The fourth-order valence-electron chi connectivity index (χ4n) is 10.4. The van der Waals surface area contributed by atoms with Gasteiger partial charge in [-0.15, -0.1) is 0 Å². The van der Waals surface area contributed by atoms with Gasteiger partial charge in [-0.05, 0) is 0 Å². The van der Waals surface area contributed by atoms with Gasteiger partial charge in [-0.1, -0.05) is 0 Å². The summed E-state index contributed by atoms with van der Waals surface area (Å²) in [6, 6.07) is 51.8. The second-order valence-corrected chi connectivity index (χ2v) is 37.9. The Kier molecular flexibility index (Phi) is 8.07. The van der Waals surface area contributed by atoms with E-state index in [-0.39, 0.29) is 0 Å². The summed E-state index contributed by atoms with van der Waals surface area (Å²) in [5.41, 5.74) is 5.04. The molecule has 0 unspecified atom stereocenters. The third-order valence-electron chi connectivity index (χ3n) is 13.0. The molecule has 0 fully saturated rings. The molecule has 13 heteroatoms. The zero-order chi connectivity index (χ0) is 45.1. The summed E-state index contributed by atoms with van der Waals surface area (Å²) in [5.74, 6) is 3.71. The number of fused-ring (bicyclic) bond motifs is 18. The maximum absolute atomic E-state index is 8.15. The average molecular weight is 1010 g/mol. The topological polar surface area (TPSA) is 102 Å². The molecule has 322 valence electrons. The average Bonchev–Trinajstić information content (AvgIpc) is 3.99. The Morgan fingerprint density at radius 3 is 0.940 bits per heavy atom.